The second-order valence-corrected chi connectivity index (χ2v) is 10.6. The van der Waals surface area contributed by atoms with Gasteiger partial charge in [-0.05, 0) is 99.1 Å². The van der Waals surface area contributed by atoms with Crippen molar-refractivity contribution in [2.24, 2.45) is 0 Å². The molecule has 0 bridgehead atoms. The molecule has 0 aliphatic rings. The molecular weight excluding hydrogens is 748 g/mol. The molecule has 0 amide bonds. The Morgan fingerprint density at radius 1 is 0.704 bits per heavy atom. The molecule has 0 atom stereocenters. The van der Waals surface area contributed by atoms with Crippen molar-refractivity contribution in [3.8, 4) is 11.5 Å². The van der Waals surface area contributed by atoms with E-state index in [0.717, 1.165) is 11.1 Å². The standard InChI is InChI=1S/C17H10Br6O4/c1-17(2,7-3-9(18)13(10(19)4-7)26-15(22)24)8-5-11(20)14(12(21)6-8)27-16(23)25/h3-6H,1-2H3. The number of ether oxygens (including phenoxy) is 2. The van der Waals surface area contributed by atoms with E-state index < -0.39 is 15.2 Å². The van der Waals surface area contributed by atoms with Gasteiger partial charge in [0.2, 0.25) is 0 Å². The molecule has 0 N–H and O–H groups in total. The van der Waals surface area contributed by atoms with Gasteiger partial charge in [0.15, 0.2) is 11.5 Å². The van der Waals surface area contributed by atoms with E-state index in [1.165, 1.54) is 0 Å². The molecule has 0 unspecified atom stereocenters. The van der Waals surface area contributed by atoms with Gasteiger partial charge in [-0.3, -0.25) is 0 Å². The minimum absolute atomic E-state index is 0.387. The second kappa shape index (κ2) is 9.38. The van der Waals surface area contributed by atoms with E-state index in [4.69, 9.17) is 9.47 Å². The van der Waals surface area contributed by atoms with Crippen LogP contribution < -0.4 is 9.47 Å². The number of rotatable bonds is 4. The SMILES string of the molecule is CC(C)(c1cc(Br)c(OC(=O)Br)c(Br)c1)c1cc(Br)c(OC(=O)Br)c(Br)c1. The summed E-state index contributed by atoms with van der Waals surface area (Å²) in [6.45, 7) is 4.11. The van der Waals surface area contributed by atoms with Crippen LogP contribution in [0, 0.1) is 0 Å². The third-order valence-electron chi connectivity index (χ3n) is 3.80. The molecule has 0 spiro atoms. The first kappa shape index (κ1) is 23.5. The summed E-state index contributed by atoms with van der Waals surface area (Å²) in [6.07, 6.45) is 0. The Labute approximate surface area is 206 Å². The lowest BCUT2D eigenvalue weighted by Gasteiger charge is -2.28. The van der Waals surface area contributed by atoms with Gasteiger partial charge < -0.3 is 9.47 Å². The molecule has 27 heavy (non-hydrogen) atoms. The first-order valence-electron chi connectivity index (χ1n) is 7.17. The van der Waals surface area contributed by atoms with Crippen LogP contribution >= 0.6 is 95.6 Å². The third kappa shape index (κ3) is 5.66. The molecule has 0 fully saturated rings. The van der Waals surface area contributed by atoms with Gasteiger partial charge in [0.25, 0.3) is 0 Å². The summed E-state index contributed by atoms with van der Waals surface area (Å²) >= 11 is 19.3. The molecule has 0 saturated heterocycles. The van der Waals surface area contributed by atoms with Crippen molar-refractivity contribution in [2.75, 3.05) is 0 Å². The maximum Gasteiger partial charge on any atom is 0.380 e. The molecule has 0 heterocycles. The molecular formula is C17H10Br6O4. The lowest BCUT2D eigenvalue weighted by molar-refractivity contribution is 0.227. The van der Waals surface area contributed by atoms with Gasteiger partial charge in [0, 0.05) is 37.3 Å². The van der Waals surface area contributed by atoms with Crippen LogP contribution in [-0.2, 0) is 5.41 Å². The predicted molar refractivity (Wildman–Crippen MR) is 126 cm³/mol. The first-order valence-corrected chi connectivity index (χ1v) is 11.9. The fraction of sp³-hybridized carbons (Fsp3) is 0.176. The van der Waals surface area contributed by atoms with Crippen molar-refractivity contribution in [1.82, 2.24) is 0 Å². The van der Waals surface area contributed by atoms with Crippen molar-refractivity contribution in [1.29, 1.82) is 0 Å². The van der Waals surface area contributed by atoms with Crippen LogP contribution in [0.3, 0.4) is 0 Å². The van der Waals surface area contributed by atoms with Crippen molar-refractivity contribution < 1.29 is 19.1 Å². The molecule has 2 aromatic rings. The zero-order chi connectivity index (χ0) is 20.5. The molecule has 0 saturated carbocycles. The number of benzene rings is 2. The monoisotopic (exact) mass is 752 g/mol. The summed E-state index contributed by atoms with van der Waals surface area (Å²) in [5.41, 5.74) is 1.53. The topological polar surface area (TPSA) is 52.6 Å². The van der Waals surface area contributed by atoms with E-state index in [0.29, 0.717) is 29.4 Å². The van der Waals surface area contributed by atoms with Gasteiger partial charge in [-0.1, -0.05) is 13.8 Å². The highest BCUT2D eigenvalue weighted by atomic mass is 79.9. The largest absolute Gasteiger partial charge is 0.416 e. The highest BCUT2D eigenvalue weighted by molar-refractivity contribution is 9.18. The van der Waals surface area contributed by atoms with Gasteiger partial charge in [-0.25, -0.2) is 9.59 Å². The second-order valence-electron chi connectivity index (χ2n) is 5.84. The van der Waals surface area contributed by atoms with E-state index in [2.05, 4.69) is 109 Å². The zero-order valence-corrected chi connectivity index (χ0v) is 23.2. The van der Waals surface area contributed by atoms with Crippen LogP contribution in [0.2, 0.25) is 0 Å². The quantitative estimate of drug-likeness (QED) is 0.293. The molecule has 10 heteroatoms. The number of carbonyl (C=O) groups is 2. The number of carbonyl (C=O) groups excluding carboxylic acids is 2. The van der Waals surface area contributed by atoms with Crippen molar-refractivity contribution >= 4 is 105 Å². The predicted octanol–water partition coefficient (Wildman–Crippen LogP) is 8.85. The molecule has 0 aliphatic carbocycles. The summed E-state index contributed by atoms with van der Waals surface area (Å²) in [5, 5.41) is 0. The highest BCUT2D eigenvalue weighted by Crippen LogP contribution is 2.44. The average molecular weight is 758 g/mol. The van der Waals surface area contributed by atoms with Gasteiger partial charge in [-0.2, -0.15) is 0 Å². The van der Waals surface area contributed by atoms with E-state index in [1.54, 1.807) is 0 Å². The van der Waals surface area contributed by atoms with Crippen LogP contribution in [0.1, 0.15) is 25.0 Å². The molecule has 0 aliphatic heterocycles. The average Bonchev–Trinajstić information content (AvgIpc) is 2.53. The third-order valence-corrected chi connectivity index (χ3v) is 6.48. The number of hydrogen-bond donors (Lipinski definition) is 0. The lowest BCUT2D eigenvalue weighted by atomic mass is 9.78. The first-order chi connectivity index (χ1) is 12.4. The molecule has 0 aromatic heterocycles. The van der Waals surface area contributed by atoms with E-state index in [-0.39, 0.29) is 0 Å². The van der Waals surface area contributed by atoms with Gasteiger partial charge in [-0.15, -0.1) is 0 Å². The molecule has 4 nitrogen and oxygen atoms in total. The Morgan fingerprint density at radius 2 is 0.963 bits per heavy atom. The fourth-order valence-corrected chi connectivity index (χ4v) is 5.38. The lowest BCUT2D eigenvalue weighted by Crippen LogP contribution is -2.19. The minimum atomic E-state index is -0.583. The minimum Gasteiger partial charge on any atom is -0.416 e. The van der Waals surface area contributed by atoms with Gasteiger partial charge in [0.05, 0.1) is 17.9 Å². The van der Waals surface area contributed by atoms with Gasteiger partial charge in [0.1, 0.15) is 0 Å². The Balaban J connectivity index is 2.53. The molecule has 144 valence electrons. The van der Waals surface area contributed by atoms with Crippen LogP contribution in [0.4, 0.5) is 9.59 Å². The molecule has 2 rings (SSSR count). The van der Waals surface area contributed by atoms with Crippen LogP contribution in [0.15, 0.2) is 42.2 Å². The maximum absolute atomic E-state index is 11.2. The van der Waals surface area contributed by atoms with E-state index in [1.807, 2.05) is 24.3 Å². The summed E-state index contributed by atoms with van der Waals surface area (Å²) in [7, 11) is 0. The van der Waals surface area contributed by atoms with E-state index in [9.17, 15) is 9.59 Å². The smallest absolute Gasteiger partial charge is 0.380 e. The maximum atomic E-state index is 11.2. The van der Waals surface area contributed by atoms with Crippen molar-refractivity contribution in [2.45, 2.75) is 19.3 Å². The number of hydrogen-bond acceptors (Lipinski definition) is 4. The Kier molecular flexibility index (Phi) is 8.18. The number of halogens is 6. The van der Waals surface area contributed by atoms with Gasteiger partial charge >= 0.3 is 9.76 Å². The fourth-order valence-electron chi connectivity index (χ4n) is 2.36. The molecule has 0 radical (unpaired) electrons. The summed E-state index contributed by atoms with van der Waals surface area (Å²) in [5.74, 6) is 0.775. The van der Waals surface area contributed by atoms with Crippen LogP contribution in [0.25, 0.3) is 0 Å². The Morgan fingerprint density at radius 3 is 1.19 bits per heavy atom. The highest BCUT2D eigenvalue weighted by Gasteiger charge is 2.28. The molecule has 2 aromatic carbocycles. The van der Waals surface area contributed by atoms with Crippen molar-refractivity contribution in [3.05, 3.63) is 53.3 Å². The van der Waals surface area contributed by atoms with E-state index >= 15 is 0 Å². The summed E-state index contributed by atoms with van der Waals surface area (Å²) in [6, 6.07) is 7.57. The Bertz CT molecular complexity index is 806. The normalized spacial score (nSPS) is 11.3. The van der Waals surface area contributed by atoms with Crippen LogP contribution in [-0.4, -0.2) is 9.76 Å². The summed E-state index contributed by atoms with van der Waals surface area (Å²) in [4.78, 5) is 21.2. The Hall–Kier alpha value is 0.260. The van der Waals surface area contributed by atoms with Crippen molar-refractivity contribution in [3.63, 3.8) is 0 Å². The summed E-state index contributed by atoms with van der Waals surface area (Å²) < 4.78 is 12.9. The van der Waals surface area contributed by atoms with Crippen LogP contribution in [0.5, 0.6) is 11.5 Å². The zero-order valence-electron chi connectivity index (χ0n) is 13.7.